The van der Waals surface area contributed by atoms with Crippen LogP contribution in [-0.2, 0) is 4.79 Å². The van der Waals surface area contributed by atoms with Crippen LogP contribution in [0.15, 0.2) is 47.6 Å². The molecule has 124 valence electrons. The topological polar surface area (TPSA) is 88.0 Å². The fraction of sp³-hybridized carbons (Fsp3) is 0.118. The summed E-state index contributed by atoms with van der Waals surface area (Å²) in [6.07, 6.45) is 1.46. The summed E-state index contributed by atoms with van der Waals surface area (Å²) in [7, 11) is 0. The summed E-state index contributed by atoms with van der Waals surface area (Å²) in [4.78, 5) is 22.4. The number of carboxylic acid groups (broad SMARTS) is 1. The maximum Gasteiger partial charge on any atom is 0.341 e. The van der Waals surface area contributed by atoms with E-state index in [1.54, 1.807) is 42.5 Å². The number of hydrogen-bond acceptors (Lipinski definition) is 4. The van der Waals surface area contributed by atoms with Crippen molar-refractivity contribution in [2.45, 2.75) is 6.92 Å². The third-order valence-corrected chi connectivity index (χ3v) is 3.30. The van der Waals surface area contributed by atoms with Crippen LogP contribution in [0.2, 0.25) is 5.02 Å². The Morgan fingerprint density at radius 3 is 2.58 bits per heavy atom. The molecule has 0 aliphatic rings. The number of hydrogen-bond donors (Lipinski definition) is 2. The van der Waals surface area contributed by atoms with Gasteiger partial charge in [0.15, 0.2) is 6.61 Å². The van der Waals surface area contributed by atoms with E-state index in [4.69, 9.17) is 21.4 Å². The zero-order valence-electron chi connectivity index (χ0n) is 12.8. The van der Waals surface area contributed by atoms with Crippen molar-refractivity contribution in [3.8, 4) is 5.75 Å². The molecular weight excluding hydrogens is 332 g/mol. The van der Waals surface area contributed by atoms with Crippen LogP contribution in [0.1, 0.15) is 21.5 Å². The lowest BCUT2D eigenvalue weighted by Gasteiger charge is -2.04. The van der Waals surface area contributed by atoms with Crippen molar-refractivity contribution >= 4 is 29.7 Å². The van der Waals surface area contributed by atoms with E-state index in [1.165, 1.54) is 6.21 Å². The van der Waals surface area contributed by atoms with E-state index in [1.807, 2.05) is 6.92 Å². The van der Waals surface area contributed by atoms with E-state index in [2.05, 4.69) is 10.5 Å². The van der Waals surface area contributed by atoms with Crippen LogP contribution >= 0.6 is 11.6 Å². The number of aliphatic carboxylic acids is 1. The van der Waals surface area contributed by atoms with Gasteiger partial charge in [-0.3, -0.25) is 4.79 Å². The number of halogens is 1. The number of nitrogens with zero attached hydrogens (tertiary/aromatic N) is 1. The van der Waals surface area contributed by atoms with E-state index in [-0.39, 0.29) is 0 Å². The molecule has 0 heterocycles. The van der Waals surface area contributed by atoms with Gasteiger partial charge in [0.05, 0.1) is 16.8 Å². The Balaban J connectivity index is 1.93. The molecule has 0 saturated heterocycles. The highest BCUT2D eigenvalue weighted by Crippen LogP contribution is 2.17. The van der Waals surface area contributed by atoms with Crippen molar-refractivity contribution in [1.29, 1.82) is 0 Å². The largest absolute Gasteiger partial charge is 0.482 e. The Hall–Kier alpha value is -2.86. The number of carbonyl (C=O) groups is 2. The Morgan fingerprint density at radius 2 is 1.96 bits per heavy atom. The zero-order chi connectivity index (χ0) is 17.5. The number of hydrazone groups is 1. The van der Waals surface area contributed by atoms with Crippen LogP contribution in [0.3, 0.4) is 0 Å². The second-order valence-electron chi connectivity index (χ2n) is 4.93. The molecule has 0 aliphatic carbocycles. The van der Waals surface area contributed by atoms with Crippen LogP contribution in [0.25, 0.3) is 0 Å². The minimum atomic E-state index is -1.04. The molecule has 2 aromatic rings. The first-order valence-corrected chi connectivity index (χ1v) is 7.38. The standard InChI is InChI=1S/C17H15ClN2O4/c1-11-2-7-14(15(18)8-11)17(23)20-19-9-12-3-5-13(6-4-12)24-10-16(21)22/h2-9H,10H2,1H3,(H,20,23)(H,21,22)/b19-9-. The molecule has 0 unspecified atom stereocenters. The first kappa shape index (κ1) is 17.5. The molecule has 6 nitrogen and oxygen atoms in total. The van der Waals surface area contributed by atoms with Crippen LogP contribution in [0, 0.1) is 6.92 Å². The number of carboxylic acids is 1. The van der Waals surface area contributed by atoms with Gasteiger partial charge >= 0.3 is 5.97 Å². The highest BCUT2D eigenvalue weighted by Gasteiger charge is 2.09. The summed E-state index contributed by atoms with van der Waals surface area (Å²) in [5.41, 5.74) is 4.42. The van der Waals surface area contributed by atoms with Gasteiger partial charge < -0.3 is 9.84 Å². The van der Waals surface area contributed by atoms with E-state index in [9.17, 15) is 9.59 Å². The van der Waals surface area contributed by atoms with Crippen LogP contribution in [0.5, 0.6) is 5.75 Å². The van der Waals surface area contributed by atoms with Crippen molar-refractivity contribution in [1.82, 2.24) is 5.43 Å². The number of carbonyl (C=O) groups excluding carboxylic acids is 1. The number of benzene rings is 2. The second kappa shape index (κ2) is 8.12. The van der Waals surface area contributed by atoms with Crippen LogP contribution < -0.4 is 10.2 Å². The van der Waals surface area contributed by atoms with Gasteiger partial charge in [0, 0.05) is 0 Å². The second-order valence-corrected chi connectivity index (χ2v) is 5.34. The lowest BCUT2D eigenvalue weighted by Crippen LogP contribution is -2.18. The predicted octanol–water partition coefficient (Wildman–Crippen LogP) is 2.88. The fourth-order valence-electron chi connectivity index (χ4n) is 1.83. The van der Waals surface area contributed by atoms with Gasteiger partial charge in [-0.25, -0.2) is 10.2 Å². The molecule has 0 aliphatic heterocycles. The van der Waals surface area contributed by atoms with Crippen molar-refractivity contribution in [3.05, 3.63) is 64.2 Å². The molecule has 2 N–H and O–H groups in total. The van der Waals surface area contributed by atoms with E-state index >= 15 is 0 Å². The number of amides is 1. The predicted molar refractivity (Wildman–Crippen MR) is 90.8 cm³/mol. The summed E-state index contributed by atoms with van der Waals surface area (Å²) in [6.45, 7) is 1.48. The fourth-order valence-corrected chi connectivity index (χ4v) is 2.15. The highest BCUT2D eigenvalue weighted by atomic mass is 35.5. The molecule has 0 atom stereocenters. The molecule has 0 saturated carbocycles. The molecule has 0 radical (unpaired) electrons. The summed E-state index contributed by atoms with van der Waals surface area (Å²) in [5.74, 6) is -1.01. The monoisotopic (exact) mass is 346 g/mol. The molecule has 0 bridgehead atoms. The minimum absolute atomic E-state index is 0.344. The van der Waals surface area contributed by atoms with Crippen LogP contribution in [0.4, 0.5) is 0 Å². The van der Waals surface area contributed by atoms with Gasteiger partial charge in [-0.1, -0.05) is 17.7 Å². The van der Waals surface area contributed by atoms with Gasteiger partial charge in [-0.15, -0.1) is 0 Å². The third-order valence-electron chi connectivity index (χ3n) is 2.99. The van der Waals surface area contributed by atoms with E-state index in [0.717, 1.165) is 5.56 Å². The molecule has 0 aromatic heterocycles. The van der Waals surface area contributed by atoms with Gasteiger partial charge in [0.1, 0.15) is 5.75 Å². The summed E-state index contributed by atoms with van der Waals surface area (Å²) >= 11 is 6.02. The SMILES string of the molecule is Cc1ccc(C(=O)N/N=C\c2ccc(OCC(=O)O)cc2)c(Cl)c1. The Bertz CT molecular complexity index is 773. The molecular formula is C17H15ClN2O4. The highest BCUT2D eigenvalue weighted by molar-refractivity contribution is 6.33. The molecule has 2 aromatic carbocycles. The van der Waals surface area contributed by atoms with Crippen molar-refractivity contribution < 1.29 is 19.4 Å². The normalized spacial score (nSPS) is 10.6. The Morgan fingerprint density at radius 1 is 1.25 bits per heavy atom. The lowest BCUT2D eigenvalue weighted by molar-refractivity contribution is -0.139. The smallest absolute Gasteiger partial charge is 0.341 e. The Kier molecular flexibility index (Phi) is 5.92. The maximum absolute atomic E-state index is 12.0. The van der Waals surface area contributed by atoms with Crippen molar-refractivity contribution in [2.24, 2.45) is 5.10 Å². The van der Waals surface area contributed by atoms with Crippen molar-refractivity contribution in [2.75, 3.05) is 6.61 Å². The third kappa shape index (κ3) is 5.10. The maximum atomic E-state index is 12.0. The Labute approximate surface area is 143 Å². The molecule has 2 rings (SSSR count). The van der Waals surface area contributed by atoms with Gasteiger partial charge in [0.2, 0.25) is 0 Å². The quantitative estimate of drug-likeness (QED) is 0.622. The summed E-state index contributed by atoms with van der Waals surface area (Å²) in [5, 5.41) is 12.8. The average molecular weight is 347 g/mol. The summed E-state index contributed by atoms with van der Waals surface area (Å²) < 4.78 is 5.02. The first-order valence-electron chi connectivity index (χ1n) is 7.00. The first-order chi connectivity index (χ1) is 11.5. The molecule has 24 heavy (non-hydrogen) atoms. The van der Waals surface area contributed by atoms with Gasteiger partial charge in [0.25, 0.3) is 5.91 Å². The number of aryl methyl sites for hydroxylation is 1. The van der Waals surface area contributed by atoms with E-state index < -0.39 is 18.5 Å². The lowest BCUT2D eigenvalue weighted by atomic mass is 10.1. The van der Waals surface area contributed by atoms with Crippen LogP contribution in [-0.4, -0.2) is 29.8 Å². The number of rotatable bonds is 6. The van der Waals surface area contributed by atoms with Crippen molar-refractivity contribution in [3.63, 3.8) is 0 Å². The zero-order valence-corrected chi connectivity index (χ0v) is 13.6. The molecule has 1 amide bonds. The van der Waals surface area contributed by atoms with E-state index in [0.29, 0.717) is 21.9 Å². The average Bonchev–Trinajstić information content (AvgIpc) is 2.54. The molecule has 0 fully saturated rings. The van der Waals surface area contributed by atoms with Gasteiger partial charge in [-0.2, -0.15) is 5.10 Å². The number of ether oxygens (including phenoxy) is 1. The molecule has 7 heteroatoms. The molecule has 0 spiro atoms. The number of nitrogens with one attached hydrogen (secondary N) is 1. The minimum Gasteiger partial charge on any atom is -0.482 e. The summed E-state index contributed by atoms with van der Waals surface area (Å²) in [6, 6.07) is 11.7. The van der Waals surface area contributed by atoms with Gasteiger partial charge in [-0.05, 0) is 54.4 Å².